The van der Waals surface area contributed by atoms with E-state index in [0.717, 1.165) is 0 Å². The predicted octanol–water partition coefficient (Wildman–Crippen LogP) is 2.46. The molecule has 0 aromatic rings. The number of carbonyl (C=O) groups excluding carboxylic acids is 5. The molecule has 0 radical (unpaired) electrons. The molecule has 1 saturated heterocycles. The molecule has 1 saturated carbocycles. The van der Waals surface area contributed by atoms with Crippen LogP contribution in [-0.2, 0) is 28.7 Å². The van der Waals surface area contributed by atoms with Gasteiger partial charge in [0.15, 0.2) is 6.10 Å². The van der Waals surface area contributed by atoms with Gasteiger partial charge in [-0.2, -0.15) is 0 Å². The number of alkyl carbamates (subject to hydrolysis) is 1. The van der Waals surface area contributed by atoms with Crippen molar-refractivity contribution in [2.45, 2.75) is 105 Å². The number of allylic oxidation sites excluding steroid dienone is 1. The highest BCUT2D eigenvalue weighted by molar-refractivity contribution is 5.94. The quantitative estimate of drug-likeness (QED) is 0.139. The standard InChI is InChI=1S/C32H52N4O8/c1-11-13-15-20(24(38)27(40)33-17-14-16-21(37)43-12-2)34-26(39)23-22-19(32(22,9)10)18-36(23)28(41)25(30(3,4)5)35-29(42)44-31(6,7)8/h11,14,16,19-20,22-25,38H,1,12-13,15,17-18H2,2-10H3,(H,33,40)(H,34,39)(H,35,42)/b16-14+/t19-,20?,22-,23+,24?,25-/m1/s1. The maximum Gasteiger partial charge on any atom is 0.408 e. The van der Waals surface area contributed by atoms with E-state index in [1.165, 1.54) is 17.1 Å². The number of rotatable bonds is 13. The zero-order valence-corrected chi connectivity index (χ0v) is 27.7. The van der Waals surface area contributed by atoms with E-state index in [1.807, 2.05) is 34.6 Å². The van der Waals surface area contributed by atoms with Crippen molar-refractivity contribution >= 4 is 29.8 Å². The summed E-state index contributed by atoms with van der Waals surface area (Å²) in [5.74, 6) is -2.22. The van der Waals surface area contributed by atoms with Gasteiger partial charge < -0.3 is 35.4 Å². The van der Waals surface area contributed by atoms with E-state index < -0.39 is 65.0 Å². The van der Waals surface area contributed by atoms with Gasteiger partial charge in [0.1, 0.15) is 17.7 Å². The van der Waals surface area contributed by atoms with Crippen molar-refractivity contribution in [3.63, 3.8) is 0 Å². The van der Waals surface area contributed by atoms with Crippen LogP contribution < -0.4 is 16.0 Å². The number of aliphatic hydroxyl groups is 1. The molecular formula is C32H52N4O8. The van der Waals surface area contributed by atoms with E-state index in [4.69, 9.17) is 9.47 Å². The van der Waals surface area contributed by atoms with E-state index in [9.17, 15) is 29.1 Å². The third-order valence-electron chi connectivity index (χ3n) is 8.13. The van der Waals surface area contributed by atoms with Gasteiger partial charge in [0.25, 0.3) is 5.91 Å². The number of likely N-dealkylation sites (tertiary alicyclic amines) is 1. The Kier molecular flexibility index (Phi) is 12.2. The van der Waals surface area contributed by atoms with Crippen LogP contribution in [-0.4, -0.2) is 89.3 Å². The average molecular weight is 621 g/mol. The first-order valence-electron chi connectivity index (χ1n) is 15.3. The number of carbonyl (C=O) groups is 5. The Morgan fingerprint density at radius 3 is 2.27 bits per heavy atom. The van der Waals surface area contributed by atoms with Crippen molar-refractivity contribution in [2.75, 3.05) is 19.7 Å². The van der Waals surface area contributed by atoms with E-state index in [0.29, 0.717) is 13.0 Å². The summed E-state index contributed by atoms with van der Waals surface area (Å²) < 4.78 is 10.2. The second-order valence-corrected chi connectivity index (χ2v) is 14.2. The zero-order chi connectivity index (χ0) is 33.6. The highest BCUT2D eigenvalue weighted by atomic mass is 16.6. The number of ether oxygens (including phenoxy) is 2. The molecule has 1 heterocycles. The first-order chi connectivity index (χ1) is 20.3. The summed E-state index contributed by atoms with van der Waals surface area (Å²) in [6, 6.07) is -2.80. The fourth-order valence-corrected chi connectivity index (χ4v) is 5.72. The Hall–Kier alpha value is -3.41. The van der Waals surface area contributed by atoms with Crippen LogP contribution in [0.15, 0.2) is 24.8 Å². The zero-order valence-electron chi connectivity index (χ0n) is 27.7. The first-order valence-corrected chi connectivity index (χ1v) is 15.3. The smallest absolute Gasteiger partial charge is 0.408 e. The fraction of sp³-hybridized carbons (Fsp3) is 0.719. The van der Waals surface area contributed by atoms with Gasteiger partial charge in [0, 0.05) is 19.2 Å². The van der Waals surface area contributed by atoms with Crippen molar-refractivity contribution in [1.82, 2.24) is 20.9 Å². The van der Waals surface area contributed by atoms with Crippen LogP contribution in [0.4, 0.5) is 4.79 Å². The second-order valence-electron chi connectivity index (χ2n) is 14.2. The number of hydrogen-bond acceptors (Lipinski definition) is 8. The van der Waals surface area contributed by atoms with Gasteiger partial charge in [-0.25, -0.2) is 9.59 Å². The van der Waals surface area contributed by atoms with Crippen LogP contribution in [0.1, 0.15) is 75.2 Å². The molecule has 12 heteroatoms. The molecule has 1 aliphatic heterocycles. The van der Waals surface area contributed by atoms with Crippen LogP contribution >= 0.6 is 0 Å². The average Bonchev–Trinajstić information content (AvgIpc) is 3.21. The third-order valence-corrected chi connectivity index (χ3v) is 8.13. The summed E-state index contributed by atoms with van der Waals surface area (Å²) in [6.07, 6.45) is 2.50. The van der Waals surface area contributed by atoms with Crippen molar-refractivity contribution in [3.8, 4) is 0 Å². The summed E-state index contributed by atoms with van der Waals surface area (Å²) in [4.78, 5) is 66.4. The number of esters is 1. The summed E-state index contributed by atoms with van der Waals surface area (Å²) in [5.41, 5.74) is -1.64. The monoisotopic (exact) mass is 620 g/mol. The lowest BCUT2D eigenvalue weighted by Gasteiger charge is -2.38. The Morgan fingerprint density at radius 1 is 1.09 bits per heavy atom. The predicted molar refractivity (Wildman–Crippen MR) is 165 cm³/mol. The number of piperidine rings is 1. The van der Waals surface area contributed by atoms with Gasteiger partial charge in [-0.05, 0) is 63.2 Å². The largest absolute Gasteiger partial charge is 0.463 e. The van der Waals surface area contributed by atoms with Gasteiger partial charge in [-0.3, -0.25) is 14.4 Å². The Labute approximate surface area is 261 Å². The summed E-state index contributed by atoms with van der Waals surface area (Å²) in [5, 5.41) is 19.0. The number of fused-ring (bicyclic) bond motifs is 1. The van der Waals surface area contributed by atoms with Crippen molar-refractivity contribution in [2.24, 2.45) is 22.7 Å². The molecule has 0 spiro atoms. The summed E-state index contributed by atoms with van der Waals surface area (Å²) >= 11 is 0. The lowest BCUT2D eigenvalue weighted by Crippen LogP contribution is -2.61. The number of nitrogens with one attached hydrogen (secondary N) is 3. The molecule has 4 amide bonds. The molecule has 0 aromatic carbocycles. The van der Waals surface area contributed by atoms with Crippen LogP contribution in [0.25, 0.3) is 0 Å². The molecule has 6 atom stereocenters. The number of nitrogens with zero attached hydrogens (tertiary/aromatic N) is 1. The second kappa shape index (κ2) is 14.6. The minimum Gasteiger partial charge on any atom is -0.463 e. The Balaban J connectivity index is 2.24. The van der Waals surface area contributed by atoms with Crippen LogP contribution in [0.2, 0.25) is 0 Å². The Bertz CT molecular complexity index is 1120. The Morgan fingerprint density at radius 2 is 1.73 bits per heavy atom. The molecule has 1 aliphatic carbocycles. The van der Waals surface area contributed by atoms with Gasteiger partial charge in [0.05, 0.1) is 12.6 Å². The SMILES string of the molecule is C=CCCC(NC(=O)[C@@H]1[C@H]2[C@@H](CN1C(=O)[C@@H](NC(=O)OC(C)(C)C)C(C)(C)C)C2(C)C)C(O)C(=O)NC/C=C/C(=O)OCC. The molecule has 0 bridgehead atoms. The van der Waals surface area contributed by atoms with Crippen LogP contribution in [0.3, 0.4) is 0 Å². The lowest BCUT2D eigenvalue weighted by molar-refractivity contribution is -0.145. The van der Waals surface area contributed by atoms with Crippen LogP contribution in [0.5, 0.6) is 0 Å². The molecule has 44 heavy (non-hydrogen) atoms. The minimum absolute atomic E-state index is 0.0292. The molecule has 2 fully saturated rings. The third kappa shape index (κ3) is 9.54. The number of amides is 4. The molecule has 2 unspecified atom stereocenters. The van der Waals surface area contributed by atoms with Crippen molar-refractivity contribution in [1.29, 1.82) is 0 Å². The highest BCUT2D eigenvalue weighted by Gasteiger charge is 2.70. The van der Waals surface area contributed by atoms with Crippen molar-refractivity contribution in [3.05, 3.63) is 24.8 Å². The maximum absolute atomic E-state index is 14.0. The molecule has 2 rings (SSSR count). The summed E-state index contributed by atoms with van der Waals surface area (Å²) in [6.45, 7) is 20.7. The van der Waals surface area contributed by atoms with E-state index in [-0.39, 0.29) is 36.8 Å². The lowest BCUT2D eigenvalue weighted by atomic mass is 9.85. The first kappa shape index (κ1) is 36.8. The molecule has 4 N–H and O–H groups in total. The minimum atomic E-state index is -1.60. The fourth-order valence-electron chi connectivity index (χ4n) is 5.72. The molecule has 2 aliphatic rings. The molecular weight excluding hydrogens is 568 g/mol. The van der Waals surface area contributed by atoms with E-state index >= 15 is 0 Å². The van der Waals surface area contributed by atoms with Gasteiger partial charge >= 0.3 is 12.1 Å². The maximum atomic E-state index is 14.0. The van der Waals surface area contributed by atoms with Crippen LogP contribution in [0, 0.1) is 22.7 Å². The summed E-state index contributed by atoms with van der Waals surface area (Å²) in [7, 11) is 0. The molecule has 0 aromatic heterocycles. The van der Waals surface area contributed by atoms with E-state index in [1.54, 1.807) is 33.8 Å². The number of hydrogen-bond donors (Lipinski definition) is 4. The molecule has 248 valence electrons. The normalized spacial score (nSPS) is 22.7. The van der Waals surface area contributed by atoms with Gasteiger partial charge in [-0.15, -0.1) is 6.58 Å². The molecule has 12 nitrogen and oxygen atoms in total. The van der Waals surface area contributed by atoms with E-state index in [2.05, 4.69) is 22.5 Å². The number of aliphatic hydroxyl groups excluding tert-OH is 1. The van der Waals surface area contributed by atoms with Gasteiger partial charge in [0.2, 0.25) is 11.8 Å². The highest BCUT2D eigenvalue weighted by Crippen LogP contribution is 2.65. The van der Waals surface area contributed by atoms with Gasteiger partial charge in [-0.1, -0.05) is 46.8 Å². The van der Waals surface area contributed by atoms with Crippen molar-refractivity contribution < 1.29 is 38.6 Å². The topological polar surface area (TPSA) is 163 Å².